The van der Waals surface area contributed by atoms with Crippen molar-refractivity contribution in [3.63, 3.8) is 0 Å². The van der Waals surface area contributed by atoms with Crippen molar-refractivity contribution in [2.45, 2.75) is 24.6 Å². The summed E-state index contributed by atoms with van der Waals surface area (Å²) in [6.45, 7) is 3.04. The van der Waals surface area contributed by atoms with E-state index < -0.39 is 10.8 Å². The van der Waals surface area contributed by atoms with E-state index >= 15 is 0 Å². The van der Waals surface area contributed by atoms with Crippen LogP contribution in [0.3, 0.4) is 0 Å². The molecule has 0 saturated carbocycles. The molecule has 15 heavy (non-hydrogen) atoms. The average molecular weight is 223 g/mol. The summed E-state index contributed by atoms with van der Waals surface area (Å²) >= 11 is 0. The SMILES string of the molecule is CC1C(c2ccccc2)NCCCS1=O. The van der Waals surface area contributed by atoms with Crippen LogP contribution in [0.2, 0.25) is 0 Å². The van der Waals surface area contributed by atoms with Gasteiger partial charge in [0.25, 0.3) is 0 Å². The monoisotopic (exact) mass is 223 g/mol. The molecule has 0 spiro atoms. The smallest absolute Gasteiger partial charge is 0.0514 e. The second-order valence-corrected chi connectivity index (χ2v) is 5.90. The standard InChI is InChI=1S/C12H17NOS/c1-10-12(11-6-3-2-4-7-11)13-8-5-9-15(10)14/h2-4,6-7,10,12-13H,5,8-9H2,1H3. The molecule has 0 aliphatic carbocycles. The van der Waals surface area contributed by atoms with Crippen LogP contribution in [0.1, 0.15) is 24.9 Å². The Morgan fingerprint density at radius 3 is 2.80 bits per heavy atom. The van der Waals surface area contributed by atoms with Crippen LogP contribution in [0.25, 0.3) is 0 Å². The highest BCUT2D eigenvalue weighted by molar-refractivity contribution is 7.85. The zero-order chi connectivity index (χ0) is 10.7. The Morgan fingerprint density at radius 2 is 2.07 bits per heavy atom. The molecule has 3 heteroatoms. The minimum atomic E-state index is -0.695. The third-order valence-corrected chi connectivity index (χ3v) is 4.72. The Labute approximate surface area is 93.5 Å². The van der Waals surface area contributed by atoms with Crippen molar-refractivity contribution < 1.29 is 4.21 Å². The second-order valence-electron chi connectivity index (χ2n) is 3.99. The Hall–Kier alpha value is -0.670. The predicted octanol–water partition coefficient (Wildman–Crippen LogP) is 1.86. The van der Waals surface area contributed by atoms with Crippen LogP contribution < -0.4 is 5.32 Å². The predicted molar refractivity (Wildman–Crippen MR) is 64.3 cm³/mol. The van der Waals surface area contributed by atoms with Gasteiger partial charge in [-0.25, -0.2) is 0 Å². The van der Waals surface area contributed by atoms with E-state index in [0.717, 1.165) is 18.7 Å². The van der Waals surface area contributed by atoms with E-state index in [1.165, 1.54) is 5.56 Å². The Morgan fingerprint density at radius 1 is 1.33 bits per heavy atom. The van der Waals surface area contributed by atoms with Crippen LogP contribution in [0.15, 0.2) is 30.3 Å². The molecule has 1 aromatic carbocycles. The lowest BCUT2D eigenvalue weighted by atomic mass is 10.0. The first-order chi connectivity index (χ1) is 7.29. The molecule has 1 heterocycles. The molecule has 82 valence electrons. The van der Waals surface area contributed by atoms with Crippen molar-refractivity contribution in [2.24, 2.45) is 0 Å². The molecular formula is C12H17NOS. The second kappa shape index (κ2) is 4.90. The first kappa shape index (κ1) is 10.8. The minimum Gasteiger partial charge on any atom is -0.309 e. The number of nitrogens with one attached hydrogen (secondary N) is 1. The fourth-order valence-electron chi connectivity index (χ4n) is 2.02. The zero-order valence-electron chi connectivity index (χ0n) is 8.98. The van der Waals surface area contributed by atoms with E-state index in [2.05, 4.69) is 24.4 Å². The maximum absolute atomic E-state index is 11.9. The van der Waals surface area contributed by atoms with Crippen molar-refractivity contribution in [3.8, 4) is 0 Å². The van der Waals surface area contributed by atoms with Crippen molar-refractivity contribution in [2.75, 3.05) is 12.3 Å². The van der Waals surface area contributed by atoms with Crippen LogP contribution in [0, 0.1) is 0 Å². The molecule has 3 atom stereocenters. The third-order valence-electron chi connectivity index (χ3n) is 2.93. The fourth-order valence-corrected chi connectivity index (χ4v) is 3.38. The van der Waals surface area contributed by atoms with Gasteiger partial charge in [0.15, 0.2) is 0 Å². The number of hydrogen-bond acceptors (Lipinski definition) is 2. The van der Waals surface area contributed by atoms with Crippen molar-refractivity contribution in [1.82, 2.24) is 5.32 Å². The average Bonchev–Trinajstić information content (AvgIpc) is 2.44. The molecule has 2 rings (SSSR count). The molecule has 0 bridgehead atoms. The normalized spacial score (nSPS) is 32.2. The third kappa shape index (κ3) is 2.47. The highest BCUT2D eigenvalue weighted by Gasteiger charge is 2.25. The van der Waals surface area contributed by atoms with Gasteiger partial charge in [0.1, 0.15) is 0 Å². The molecule has 2 nitrogen and oxygen atoms in total. The van der Waals surface area contributed by atoms with Gasteiger partial charge in [0.05, 0.1) is 5.25 Å². The summed E-state index contributed by atoms with van der Waals surface area (Å²) in [5, 5.41) is 3.69. The maximum Gasteiger partial charge on any atom is 0.0514 e. The molecule has 1 fully saturated rings. The zero-order valence-corrected chi connectivity index (χ0v) is 9.80. The number of hydrogen-bond donors (Lipinski definition) is 1. The number of benzene rings is 1. The summed E-state index contributed by atoms with van der Waals surface area (Å²) in [6.07, 6.45) is 1.01. The lowest BCUT2D eigenvalue weighted by Crippen LogP contribution is -2.30. The summed E-state index contributed by atoms with van der Waals surface area (Å²) < 4.78 is 11.9. The molecular weight excluding hydrogens is 206 g/mol. The Bertz CT molecular complexity index is 339. The van der Waals surface area contributed by atoms with Gasteiger partial charge in [0, 0.05) is 22.6 Å². The van der Waals surface area contributed by atoms with E-state index in [4.69, 9.17) is 0 Å². The first-order valence-electron chi connectivity index (χ1n) is 5.44. The van der Waals surface area contributed by atoms with E-state index in [1.807, 2.05) is 18.2 Å². The number of rotatable bonds is 1. The van der Waals surface area contributed by atoms with Crippen LogP contribution in [-0.4, -0.2) is 21.8 Å². The van der Waals surface area contributed by atoms with Gasteiger partial charge in [-0.1, -0.05) is 30.3 Å². The van der Waals surface area contributed by atoms with Crippen LogP contribution >= 0.6 is 0 Å². The van der Waals surface area contributed by atoms with E-state index in [9.17, 15) is 4.21 Å². The van der Waals surface area contributed by atoms with Gasteiger partial charge >= 0.3 is 0 Å². The van der Waals surface area contributed by atoms with Crippen molar-refractivity contribution >= 4 is 10.8 Å². The minimum absolute atomic E-state index is 0.204. The lowest BCUT2D eigenvalue weighted by molar-refractivity contribution is 0.535. The Kier molecular flexibility index (Phi) is 3.54. The lowest BCUT2D eigenvalue weighted by Gasteiger charge is -2.22. The van der Waals surface area contributed by atoms with Crippen LogP contribution in [-0.2, 0) is 10.8 Å². The summed E-state index contributed by atoms with van der Waals surface area (Å²) in [4.78, 5) is 0. The highest BCUT2D eigenvalue weighted by atomic mass is 32.2. The van der Waals surface area contributed by atoms with E-state index in [-0.39, 0.29) is 11.3 Å². The van der Waals surface area contributed by atoms with Crippen molar-refractivity contribution in [1.29, 1.82) is 0 Å². The van der Waals surface area contributed by atoms with Crippen molar-refractivity contribution in [3.05, 3.63) is 35.9 Å². The fraction of sp³-hybridized carbons (Fsp3) is 0.500. The molecule has 0 amide bonds. The largest absolute Gasteiger partial charge is 0.309 e. The Balaban J connectivity index is 2.23. The van der Waals surface area contributed by atoms with Gasteiger partial charge in [-0.15, -0.1) is 0 Å². The van der Waals surface area contributed by atoms with Gasteiger partial charge in [0.2, 0.25) is 0 Å². The summed E-state index contributed by atoms with van der Waals surface area (Å²) in [7, 11) is -0.695. The molecule has 3 unspecified atom stereocenters. The molecule has 1 aliphatic heterocycles. The van der Waals surface area contributed by atoms with Gasteiger partial charge < -0.3 is 5.32 Å². The summed E-state index contributed by atoms with van der Waals surface area (Å²) in [5.41, 5.74) is 1.25. The van der Waals surface area contributed by atoms with Gasteiger partial charge in [-0.05, 0) is 25.5 Å². The van der Waals surface area contributed by atoms with E-state index in [0.29, 0.717) is 0 Å². The topological polar surface area (TPSA) is 29.1 Å². The first-order valence-corrected chi connectivity index (χ1v) is 6.83. The van der Waals surface area contributed by atoms with Crippen LogP contribution in [0.5, 0.6) is 0 Å². The summed E-state index contributed by atoms with van der Waals surface area (Å²) in [6, 6.07) is 10.6. The van der Waals surface area contributed by atoms with E-state index in [1.54, 1.807) is 0 Å². The highest BCUT2D eigenvalue weighted by Crippen LogP contribution is 2.22. The summed E-state index contributed by atoms with van der Waals surface area (Å²) in [5.74, 6) is 0.831. The molecule has 1 aliphatic rings. The maximum atomic E-state index is 11.9. The van der Waals surface area contributed by atoms with Gasteiger partial charge in [-0.3, -0.25) is 4.21 Å². The molecule has 0 aromatic heterocycles. The molecule has 1 aromatic rings. The quantitative estimate of drug-likeness (QED) is 0.787. The molecule has 1 N–H and O–H groups in total. The molecule has 1 saturated heterocycles. The van der Waals surface area contributed by atoms with Gasteiger partial charge in [-0.2, -0.15) is 0 Å². The van der Waals surface area contributed by atoms with Crippen LogP contribution in [0.4, 0.5) is 0 Å². The molecule has 0 radical (unpaired) electrons.